The first-order valence-electron chi connectivity index (χ1n) is 10.3. The van der Waals surface area contributed by atoms with Crippen molar-refractivity contribution in [3.05, 3.63) is 70.7 Å². The summed E-state index contributed by atoms with van der Waals surface area (Å²) in [6.45, 7) is 7.01. The van der Waals surface area contributed by atoms with Crippen molar-refractivity contribution in [1.82, 2.24) is 10.2 Å². The summed E-state index contributed by atoms with van der Waals surface area (Å²) in [5.74, 6) is 1.19. The molecule has 1 N–H and O–H groups in total. The molecule has 2 rings (SSSR count). The average Bonchev–Trinajstić information content (AvgIpc) is 2.74. The fourth-order valence-electron chi connectivity index (χ4n) is 2.97. The van der Waals surface area contributed by atoms with Gasteiger partial charge in [-0.25, -0.2) is 0 Å². The van der Waals surface area contributed by atoms with E-state index in [0.717, 1.165) is 11.1 Å². The first-order chi connectivity index (χ1) is 14.4. The fourth-order valence-corrected chi connectivity index (χ4v) is 4.17. The molecular formula is C24H31ClN2O2S. The zero-order valence-corrected chi connectivity index (χ0v) is 19.5. The summed E-state index contributed by atoms with van der Waals surface area (Å²) >= 11 is 7.73. The Morgan fingerprint density at radius 2 is 1.70 bits per heavy atom. The van der Waals surface area contributed by atoms with Gasteiger partial charge in [-0.2, -0.15) is 0 Å². The Labute approximate surface area is 189 Å². The molecule has 0 fully saturated rings. The lowest BCUT2D eigenvalue weighted by Crippen LogP contribution is -2.50. The first kappa shape index (κ1) is 24.3. The quantitative estimate of drug-likeness (QED) is 0.539. The molecule has 0 bridgehead atoms. The van der Waals surface area contributed by atoms with Gasteiger partial charge in [0, 0.05) is 23.9 Å². The Bertz CT molecular complexity index is 814. The normalized spacial score (nSPS) is 11.9. The second kappa shape index (κ2) is 12.7. The summed E-state index contributed by atoms with van der Waals surface area (Å²) in [6, 6.07) is 17.2. The topological polar surface area (TPSA) is 49.4 Å². The Balaban J connectivity index is 1.99. The van der Waals surface area contributed by atoms with Gasteiger partial charge in [-0.05, 0) is 36.5 Å². The zero-order valence-electron chi connectivity index (χ0n) is 17.9. The van der Waals surface area contributed by atoms with Crippen LogP contribution in [0.4, 0.5) is 0 Å². The Morgan fingerprint density at radius 3 is 2.37 bits per heavy atom. The molecule has 0 aliphatic rings. The van der Waals surface area contributed by atoms with Crippen molar-refractivity contribution < 1.29 is 9.59 Å². The lowest BCUT2D eigenvalue weighted by Gasteiger charge is -2.29. The molecule has 2 amide bonds. The van der Waals surface area contributed by atoms with Crippen LogP contribution in [0.3, 0.4) is 0 Å². The molecule has 0 aromatic heterocycles. The molecule has 1 unspecified atom stereocenters. The van der Waals surface area contributed by atoms with E-state index in [1.165, 1.54) is 11.8 Å². The van der Waals surface area contributed by atoms with Crippen molar-refractivity contribution in [2.75, 3.05) is 18.8 Å². The Kier molecular flexibility index (Phi) is 10.2. The van der Waals surface area contributed by atoms with Crippen LogP contribution in [0, 0.1) is 5.92 Å². The number of halogens is 1. The minimum Gasteiger partial charge on any atom is -0.354 e. The highest BCUT2D eigenvalue weighted by molar-refractivity contribution is 7.99. The van der Waals surface area contributed by atoms with Crippen molar-refractivity contribution in [3.8, 4) is 0 Å². The van der Waals surface area contributed by atoms with Gasteiger partial charge < -0.3 is 10.2 Å². The molecule has 0 aliphatic carbocycles. The highest BCUT2D eigenvalue weighted by Crippen LogP contribution is 2.21. The number of carbonyl (C=O) groups is 2. The van der Waals surface area contributed by atoms with E-state index in [-0.39, 0.29) is 11.8 Å². The smallest absolute Gasteiger partial charge is 0.242 e. The third kappa shape index (κ3) is 8.04. The molecule has 0 heterocycles. The SMILES string of the molecule is CC(C)CNC(=O)C(C)N(CCc1ccccc1)C(=O)CSCc1ccccc1Cl. The summed E-state index contributed by atoms with van der Waals surface area (Å²) in [6.07, 6.45) is 0.712. The van der Waals surface area contributed by atoms with Crippen LogP contribution >= 0.6 is 23.4 Å². The summed E-state index contributed by atoms with van der Waals surface area (Å²) in [4.78, 5) is 27.3. The van der Waals surface area contributed by atoms with Gasteiger partial charge in [0.2, 0.25) is 11.8 Å². The maximum atomic E-state index is 13.0. The zero-order chi connectivity index (χ0) is 21.9. The molecule has 6 heteroatoms. The largest absolute Gasteiger partial charge is 0.354 e. The lowest BCUT2D eigenvalue weighted by atomic mass is 10.1. The van der Waals surface area contributed by atoms with Crippen LogP contribution in [0.1, 0.15) is 31.9 Å². The van der Waals surface area contributed by atoms with Gasteiger partial charge in [-0.15, -0.1) is 11.8 Å². The monoisotopic (exact) mass is 446 g/mol. The van der Waals surface area contributed by atoms with Crippen LogP contribution in [0.25, 0.3) is 0 Å². The number of thioether (sulfide) groups is 1. The summed E-state index contributed by atoms with van der Waals surface area (Å²) in [5, 5.41) is 3.66. The molecular weight excluding hydrogens is 416 g/mol. The van der Waals surface area contributed by atoms with E-state index >= 15 is 0 Å². The highest BCUT2D eigenvalue weighted by atomic mass is 35.5. The number of benzene rings is 2. The van der Waals surface area contributed by atoms with Gasteiger partial charge in [-0.3, -0.25) is 9.59 Å². The van der Waals surface area contributed by atoms with Crippen LogP contribution in [0.2, 0.25) is 5.02 Å². The molecule has 1 atom stereocenters. The molecule has 0 aliphatic heterocycles. The number of hydrogen-bond acceptors (Lipinski definition) is 3. The van der Waals surface area contributed by atoms with Crippen molar-refractivity contribution >= 4 is 35.2 Å². The van der Waals surface area contributed by atoms with E-state index in [0.29, 0.717) is 42.0 Å². The molecule has 2 aromatic rings. The number of nitrogens with one attached hydrogen (secondary N) is 1. The van der Waals surface area contributed by atoms with Gasteiger partial charge in [0.15, 0.2) is 0 Å². The lowest BCUT2D eigenvalue weighted by molar-refractivity contribution is -0.138. The van der Waals surface area contributed by atoms with Gasteiger partial charge >= 0.3 is 0 Å². The summed E-state index contributed by atoms with van der Waals surface area (Å²) in [7, 11) is 0. The molecule has 0 radical (unpaired) electrons. The average molecular weight is 447 g/mol. The molecule has 0 saturated heterocycles. The van der Waals surface area contributed by atoms with Crippen LogP contribution in [-0.2, 0) is 21.8 Å². The van der Waals surface area contributed by atoms with Crippen molar-refractivity contribution in [3.63, 3.8) is 0 Å². The van der Waals surface area contributed by atoms with E-state index < -0.39 is 6.04 Å². The molecule has 2 aromatic carbocycles. The van der Waals surface area contributed by atoms with Crippen molar-refractivity contribution in [2.45, 2.75) is 39.0 Å². The Hall–Kier alpha value is -1.98. The minimum atomic E-state index is -0.513. The third-order valence-corrected chi connectivity index (χ3v) is 6.11. The summed E-state index contributed by atoms with van der Waals surface area (Å²) < 4.78 is 0. The minimum absolute atomic E-state index is 0.0322. The number of amides is 2. The van der Waals surface area contributed by atoms with Crippen molar-refractivity contribution in [1.29, 1.82) is 0 Å². The maximum absolute atomic E-state index is 13.0. The molecule has 0 saturated carbocycles. The molecule has 4 nitrogen and oxygen atoms in total. The van der Waals surface area contributed by atoms with Gasteiger partial charge in [-0.1, -0.05) is 74.0 Å². The van der Waals surface area contributed by atoms with Crippen molar-refractivity contribution in [2.24, 2.45) is 5.92 Å². The predicted molar refractivity (Wildman–Crippen MR) is 127 cm³/mol. The van der Waals surface area contributed by atoms with Crippen LogP contribution in [0.5, 0.6) is 0 Å². The van der Waals surface area contributed by atoms with Gasteiger partial charge in [0.05, 0.1) is 5.75 Å². The Morgan fingerprint density at radius 1 is 1.03 bits per heavy atom. The van der Waals surface area contributed by atoms with E-state index in [4.69, 9.17) is 11.6 Å². The standard InChI is InChI=1S/C24H31ClN2O2S/c1-18(2)15-26-24(29)19(3)27(14-13-20-9-5-4-6-10-20)23(28)17-30-16-21-11-7-8-12-22(21)25/h4-12,18-19H,13-17H2,1-3H3,(H,26,29). The van der Waals surface area contributed by atoms with E-state index in [9.17, 15) is 9.59 Å². The third-order valence-electron chi connectivity index (χ3n) is 4.78. The highest BCUT2D eigenvalue weighted by Gasteiger charge is 2.25. The van der Waals surface area contributed by atoms with Crippen LogP contribution in [-0.4, -0.2) is 41.6 Å². The van der Waals surface area contributed by atoms with Crippen LogP contribution in [0.15, 0.2) is 54.6 Å². The maximum Gasteiger partial charge on any atom is 0.242 e. The fraction of sp³-hybridized carbons (Fsp3) is 0.417. The number of carbonyl (C=O) groups excluding carboxylic acids is 2. The number of rotatable bonds is 11. The second-order valence-electron chi connectivity index (χ2n) is 7.72. The van der Waals surface area contributed by atoms with Gasteiger partial charge in [0.1, 0.15) is 6.04 Å². The van der Waals surface area contributed by atoms with Gasteiger partial charge in [0.25, 0.3) is 0 Å². The number of nitrogens with zero attached hydrogens (tertiary/aromatic N) is 1. The predicted octanol–water partition coefficient (Wildman–Crippen LogP) is 4.81. The molecule has 162 valence electrons. The molecule has 30 heavy (non-hydrogen) atoms. The van der Waals surface area contributed by atoms with Crippen LogP contribution < -0.4 is 5.32 Å². The summed E-state index contributed by atoms with van der Waals surface area (Å²) in [5.41, 5.74) is 2.16. The van der Waals surface area contributed by atoms with E-state index in [1.54, 1.807) is 11.8 Å². The molecule has 0 spiro atoms. The number of hydrogen-bond donors (Lipinski definition) is 1. The van der Waals surface area contributed by atoms with E-state index in [1.807, 2.05) is 54.6 Å². The van der Waals surface area contributed by atoms with E-state index in [2.05, 4.69) is 19.2 Å². The first-order valence-corrected chi connectivity index (χ1v) is 11.8. The second-order valence-corrected chi connectivity index (χ2v) is 9.11.